The van der Waals surface area contributed by atoms with Crippen LogP contribution in [0, 0.1) is 5.92 Å². The maximum absolute atomic E-state index is 11.7. The van der Waals surface area contributed by atoms with Gasteiger partial charge < -0.3 is 20.1 Å². The molecule has 2 aliphatic rings. The summed E-state index contributed by atoms with van der Waals surface area (Å²) in [6.45, 7) is 6.03. The van der Waals surface area contributed by atoms with E-state index in [-0.39, 0.29) is 18.2 Å². The minimum absolute atomic E-state index is 0.159. The summed E-state index contributed by atoms with van der Waals surface area (Å²) in [5, 5.41) is 5.73. The molecule has 2 N–H and O–H groups in total. The van der Waals surface area contributed by atoms with Crippen molar-refractivity contribution in [2.75, 3.05) is 6.61 Å². The molecule has 2 fully saturated rings. The van der Waals surface area contributed by atoms with E-state index in [2.05, 4.69) is 10.6 Å². The molecule has 0 heterocycles. The fourth-order valence-corrected chi connectivity index (χ4v) is 2.58. The maximum Gasteiger partial charge on any atom is 0.407 e. The first-order chi connectivity index (χ1) is 10.3. The van der Waals surface area contributed by atoms with Crippen LogP contribution in [0.4, 0.5) is 9.59 Å². The fraction of sp³-hybridized carbons (Fsp3) is 0.875. The van der Waals surface area contributed by atoms with Gasteiger partial charge in [-0.1, -0.05) is 0 Å². The smallest absolute Gasteiger partial charge is 0.407 e. The van der Waals surface area contributed by atoms with Gasteiger partial charge in [0.2, 0.25) is 0 Å². The highest BCUT2D eigenvalue weighted by molar-refractivity contribution is 5.68. The molecule has 6 heteroatoms. The summed E-state index contributed by atoms with van der Waals surface area (Å²) in [6.07, 6.45) is 5.20. The molecule has 0 aromatic carbocycles. The third-order valence-electron chi connectivity index (χ3n) is 3.92. The van der Waals surface area contributed by atoms with Gasteiger partial charge in [-0.05, 0) is 65.2 Å². The van der Waals surface area contributed by atoms with Crippen LogP contribution in [0.1, 0.15) is 59.3 Å². The lowest BCUT2D eigenvalue weighted by atomic mass is 9.86. The van der Waals surface area contributed by atoms with E-state index in [0.29, 0.717) is 18.6 Å². The van der Waals surface area contributed by atoms with Gasteiger partial charge in [-0.15, -0.1) is 0 Å². The van der Waals surface area contributed by atoms with Crippen LogP contribution in [0.3, 0.4) is 0 Å². The Morgan fingerprint density at radius 2 is 1.41 bits per heavy atom. The number of carbonyl (C=O) groups is 2. The maximum atomic E-state index is 11.7. The van der Waals surface area contributed by atoms with Crippen molar-refractivity contribution in [1.29, 1.82) is 0 Å². The van der Waals surface area contributed by atoms with Gasteiger partial charge in [0.15, 0.2) is 0 Å². The lowest BCUT2D eigenvalue weighted by Crippen LogP contribution is -2.41. The van der Waals surface area contributed by atoms with E-state index in [0.717, 1.165) is 38.5 Å². The van der Waals surface area contributed by atoms with Crippen molar-refractivity contribution in [2.45, 2.75) is 77.0 Å². The lowest BCUT2D eigenvalue weighted by molar-refractivity contribution is 0.0480. The normalized spacial score (nSPS) is 25.2. The summed E-state index contributed by atoms with van der Waals surface area (Å²) >= 11 is 0. The van der Waals surface area contributed by atoms with E-state index >= 15 is 0 Å². The summed E-state index contributed by atoms with van der Waals surface area (Å²) in [6, 6.07) is 0.493. The molecule has 0 unspecified atom stereocenters. The summed E-state index contributed by atoms with van der Waals surface area (Å²) in [4.78, 5) is 23.2. The molecule has 0 saturated heterocycles. The van der Waals surface area contributed by atoms with Crippen LogP contribution in [0.5, 0.6) is 0 Å². The predicted molar refractivity (Wildman–Crippen MR) is 82.6 cm³/mol. The van der Waals surface area contributed by atoms with E-state index in [1.54, 1.807) is 0 Å². The standard InChI is InChI=1S/C16H28N2O4/c1-16(2,3)22-15(20)18-12-6-4-11(5-7-12)10-21-14(19)17-13-8-9-13/h11-13H,4-10H2,1-3H3,(H,17,19)(H,18,20). The van der Waals surface area contributed by atoms with Crippen molar-refractivity contribution < 1.29 is 19.1 Å². The fourth-order valence-electron chi connectivity index (χ4n) is 2.58. The van der Waals surface area contributed by atoms with Crippen molar-refractivity contribution in [2.24, 2.45) is 5.92 Å². The third-order valence-corrected chi connectivity index (χ3v) is 3.92. The number of amides is 2. The molecule has 22 heavy (non-hydrogen) atoms. The third kappa shape index (κ3) is 6.54. The second-order valence-corrected chi connectivity index (χ2v) is 7.38. The highest BCUT2D eigenvalue weighted by atomic mass is 16.6. The van der Waals surface area contributed by atoms with Gasteiger partial charge in [0, 0.05) is 12.1 Å². The van der Waals surface area contributed by atoms with Crippen molar-refractivity contribution in [3.8, 4) is 0 Å². The molecule has 2 rings (SSSR count). The number of alkyl carbamates (subject to hydrolysis) is 2. The van der Waals surface area contributed by atoms with Crippen molar-refractivity contribution >= 4 is 12.2 Å². The van der Waals surface area contributed by atoms with Crippen LogP contribution < -0.4 is 10.6 Å². The Labute approximate surface area is 132 Å². The Bertz CT molecular complexity index is 393. The second-order valence-electron chi connectivity index (χ2n) is 7.38. The monoisotopic (exact) mass is 312 g/mol. The molecule has 0 aromatic rings. The van der Waals surface area contributed by atoms with Crippen LogP contribution >= 0.6 is 0 Å². The SMILES string of the molecule is CC(C)(C)OC(=O)NC1CCC(COC(=O)NC2CC2)CC1. The van der Waals surface area contributed by atoms with Crippen LogP contribution in [-0.4, -0.2) is 36.5 Å². The second kappa shape index (κ2) is 7.20. The van der Waals surface area contributed by atoms with Gasteiger partial charge in [-0.3, -0.25) is 0 Å². The highest BCUT2D eigenvalue weighted by Gasteiger charge is 2.27. The molecule has 0 radical (unpaired) electrons. The lowest BCUT2D eigenvalue weighted by Gasteiger charge is -2.29. The van der Waals surface area contributed by atoms with Crippen molar-refractivity contribution in [3.05, 3.63) is 0 Å². The molecule has 0 spiro atoms. The van der Waals surface area contributed by atoms with Crippen LogP contribution in [-0.2, 0) is 9.47 Å². The Balaban J connectivity index is 1.58. The van der Waals surface area contributed by atoms with Crippen molar-refractivity contribution in [1.82, 2.24) is 10.6 Å². The first kappa shape index (κ1) is 16.9. The Hall–Kier alpha value is -1.46. The number of ether oxygens (including phenoxy) is 2. The minimum atomic E-state index is -0.468. The molecule has 6 nitrogen and oxygen atoms in total. The van der Waals surface area contributed by atoms with Crippen molar-refractivity contribution in [3.63, 3.8) is 0 Å². The van der Waals surface area contributed by atoms with Gasteiger partial charge >= 0.3 is 12.2 Å². The number of carbonyl (C=O) groups excluding carboxylic acids is 2. The first-order valence-electron chi connectivity index (χ1n) is 8.24. The van der Waals surface area contributed by atoms with Gasteiger partial charge in [-0.25, -0.2) is 9.59 Å². The highest BCUT2D eigenvalue weighted by Crippen LogP contribution is 2.25. The Morgan fingerprint density at radius 1 is 0.909 bits per heavy atom. The first-order valence-corrected chi connectivity index (χ1v) is 8.24. The number of rotatable bonds is 4. The summed E-state index contributed by atoms with van der Waals surface area (Å²) in [5.41, 5.74) is -0.468. The van der Waals surface area contributed by atoms with E-state index in [4.69, 9.17) is 9.47 Å². The van der Waals surface area contributed by atoms with Gasteiger partial charge in [0.05, 0.1) is 6.61 Å². The molecular formula is C16H28N2O4. The molecule has 0 aliphatic heterocycles. The van der Waals surface area contributed by atoms with Gasteiger partial charge in [-0.2, -0.15) is 0 Å². The number of hydrogen-bond acceptors (Lipinski definition) is 4. The zero-order valence-corrected chi connectivity index (χ0v) is 13.8. The quantitative estimate of drug-likeness (QED) is 0.836. The predicted octanol–water partition coefficient (Wildman–Crippen LogP) is 2.96. The molecule has 0 bridgehead atoms. The zero-order valence-electron chi connectivity index (χ0n) is 13.8. The molecule has 2 amide bonds. The molecule has 0 aromatic heterocycles. The molecular weight excluding hydrogens is 284 g/mol. The van der Waals surface area contributed by atoms with E-state index in [1.807, 2.05) is 20.8 Å². The Kier molecular flexibility index (Phi) is 5.53. The average Bonchev–Trinajstić information content (AvgIpc) is 3.19. The van der Waals surface area contributed by atoms with E-state index in [9.17, 15) is 9.59 Å². The van der Waals surface area contributed by atoms with E-state index < -0.39 is 5.60 Å². The molecule has 2 aliphatic carbocycles. The van der Waals surface area contributed by atoms with Crippen LogP contribution in [0.25, 0.3) is 0 Å². The van der Waals surface area contributed by atoms with Crippen LogP contribution in [0.15, 0.2) is 0 Å². The minimum Gasteiger partial charge on any atom is -0.449 e. The Morgan fingerprint density at radius 3 is 1.91 bits per heavy atom. The number of nitrogens with one attached hydrogen (secondary N) is 2. The number of hydrogen-bond donors (Lipinski definition) is 2. The van der Waals surface area contributed by atoms with Crippen LogP contribution in [0.2, 0.25) is 0 Å². The zero-order chi connectivity index (χ0) is 16.2. The topological polar surface area (TPSA) is 76.7 Å². The summed E-state index contributed by atoms with van der Waals surface area (Å²) < 4.78 is 10.5. The van der Waals surface area contributed by atoms with Gasteiger partial charge in [0.25, 0.3) is 0 Å². The summed E-state index contributed by atoms with van der Waals surface area (Å²) in [5.74, 6) is 0.390. The largest absolute Gasteiger partial charge is 0.449 e. The molecule has 0 atom stereocenters. The van der Waals surface area contributed by atoms with Gasteiger partial charge in [0.1, 0.15) is 5.60 Å². The molecule has 2 saturated carbocycles. The average molecular weight is 312 g/mol. The molecule has 126 valence electrons. The summed E-state index contributed by atoms with van der Waals surface area (Å²) in [7, 11) is 0. The van der Waals surface area contributed by atoms with E-state index in [1.165, 1.54) is 0 Å².